The maximum absolute atomic E-state index is 12.8. The van der Waals surface area contributed by atoms with E-state index < -0.39 is 28.3 Å². The van der Waals surface area contributed by atoms with Crippen molar-refractivity contribution in [3.05, 3.63) is 54.1 Å². The second-order valence-electron chi connectivity index (χ2n) is 7.35. The summed E-state index contributed by atoms with van der Waals surface area (Å²) in [6.07, 6.45) is 0.413. The van der Waals surface area contributed by atoms with Crippen molar-refractivity contribution >= 4 is 43.3 Å². The fraction of sp³-hybridized carbons (Fsp3) is 0.318. The van der Waals surface area contributed by atoms with Crippen molar-refractivity contribution in [1.82, 2.24) is 9.88 Å². The third-order valence-corrected chi connectivity index (χ3v) is 8.13. The van der Waals surface area contributed by atoms with Gasteiger partial charge in [0.25, 0.3) is 5.91 Å². The first-order chi connectivity index (χ1) is 14.9. The van der Waals surface area contributed by atoms with Crippen LogP contribution in [0.3, 0.4) is 0 Å². The Morgan fingerprint density at radius 1 is 1.16 bits per heavy atom. The Balaban J connectivity index is 1.48. The number of fused-ring (bicyclic) bond motifs is 1. The Morgan fingerprint density at radius 3 is 2.61 bits per heavy atom. The van der Waals surface area contributed by atoms with E-state index in [0.29, 0.717) is 29.1 Å². The molecule has 4 rings (SSSR count). The van der Waals surface area contributed by atoms with Crippen LogP contribution in [0.25, 0.3) is 20.8 Å². The van der Waals surface area contributed by atoms with Crippen LogP contribution in [0.2, 0.25) is 0 Å². The van der Waals surface area contributed by atoms with Crippen LogP contribution in [0.15, 0.2) is 48.5 Å². The van der Waals surface area contributed by atoms with E-state index in [1.54, 1.807) is 25.1 Å². The summed E-state index contributed by atoms with van der Waals surface area (Å²) in [6, 6.07) is 14.4. The highest BCUT2D eigenvalue weighted by atomic mass is 32.2. The van der Waals surface area contributed by atoms with Crippen LogP contribution in [0.4, 0.5) is 0 Å². The molecule has 0 spiro atoms. The van der Waals surface area contributed by atoms with Crippen LogP contribution in [-0.4, -0.2) is 60.9 Å². The number of para-hydroxylation sites is 1. The van der Waals surface area contributed by atoms with Gasteiger partial charge in [-0.3, -0.25) is 4.79 Å². The van der Waals surface area contributed by atoms with Crippen molar-refractivity contribution < 1.29 is 22.7 Å². The summed E-state index contributed by atoms with van der Waals surface area (Å²) in [6.45, 7) is 1.71. The minimum absolute atomic E-state index is 0.0407. The van der Waals surface area contributed by atoms with Crippen molar-refractivity contribution in [2.75, 3.05) is 24.7 Å². The van der Waals surface area contributed by atoms with E-state index in [0.717, 1.165) is 10.2 Å². The number of carbonyl (C=O) groups is 2. The summed E-state index contributed by atoms with van der Waals surface area (Å²) in [5, 5.41) is 0.700. The van der Waals surface area contributed by atoms with E-state index >= 15 is 0 Å². The second kappa shape index (κ2) is 8.76. The molecule has 1 fully saturated rings. The lowest BCUT2D eigenvalue weighted by molar-refractivity contribution is -0.136. The molecule has 0 saturated carbocycles. The number of amides is 1. The summed E-state index contributed by atoms with van der Waals surface area (Å²) in [4.78, 5) is 31.5. The summed E-state index contributed by atoms with van der Waals surface area (Å²) in [7, 11) is -3.11. The smallest absolute Gasteiger partial charge is 0.339 e. The molecule has 0 bridgehead atoms. The van der Waals surface area contributed by atoms with Gasteiger partial charge in [0.2, 0.25) is 0 Å². The minimum atomic E-state index is -3.11. The number of hydrogen-bond donors (Lipinski definition) is 0. The van der Waals surface area contributed by atoms with Crippen molar-refractivity contribution in [2.24, 2.45) is 0 Å². The molecule has 162 valence electrons. The van der Waals surface area contributed by atoms with E-state index in [2.05, 4.69) is 4.98 Å². The summed E-state index contributed by atoms with van der Waals surface area (Å²) in [5.41, 5.74) is 1.84. The first-order valence-electron chi connectivity index (χ1n) is 10.00. The third kappa shape index (κ3) is 4.62. The summed E-state index contributed by atoms with van der Waals surface area (Å²) < 4.78 is 29.8. The number of hydrogen-bond acceptors (Lipinski definition) is 7. The molecule has 1 amide bonds. The number of sulfone groups is 1. The molecule has 1 aliphatic heterocycles. The molecule has 0 radical (unpaired) electrons. The molecule has 0 aliphatic carbocycles. The highest BCUT2D eigenvalue weighted by molar-refractivity contribution is 7.91. The molecule has 1 unspecified atom stereocenters. The largest absolute Gasteiger partial charge is 0.452 e. The topological polar surface area (TPSA) is 93.6 Å². The quantitative estimate of drug-likeness (QED) is 0.527. The van der Waals surface area contributed by atoms with Crippen LogP contribution in [0, 0.1) is 0 Å². The molecular formula is C22H22N2O5S2. The Bertz CT molecular complexity index is 1200. The molecule has 1 atom stereocenters. The zero-order valence-electron chi connectivity index (χ0n) is 17.0. The fourth-order valence-electron chi connectivity index (χ4n) is 3.78. The van der Waals surface area contributed by atoms with E-state index in [-0.39, 0.29) is 17.5 Å². The van der Waals surface area contributed by atoms with Crippen LogP contribution in [0.1, 0.15) is 23.7 Å². The van der Waals surface area contributed by atoms with Crippen molar-refractivity contribution in [2.45, 2.75) is 19.4 Å². The first-order valence-corrected chi connectivity index (χ1v) is 12.6. The van der Waals surface area contributed by atoms with Gasteiger partial charge in [-0.15, -0.1) is 11.3 Å². The maximum atomic E-state index is 12.8. The van der Waals surface area contributed by atoms with Crippen molar-refractivity contribution in [1.29, 1.82) is 0 Å². The van der Waals surface area contributed by atoms with Gasteiger partial charge in [0, 0.05) is 18.2 Å². The van der Waals surface area contributed by atoms with Gasteiger partial charge in [0.15, 0.2) is 16.4 Å². The zero-order valence-corrected chi connectivity index (χ0v) is 18.6. The average Bonchev–Trinajstić information content (AvgIpc) is 3.35. The molecule has 2 heterocycles. The highest BCUT2D eigenvalue weighted by Gasteiger charge is 2.34. The number of carbonyl (C=O) groups excluding carboxylic acids is 2. The lowest BCUT2D eigenvalue weighted by Gasteiger charge is -2.26. The number of nitrogens with zero attached hydrogens (tertiary/aromatic N) is 2. The molecule has 31 heavy (non-hydrogen) atoms. The maximum Gasteiger partial charge on any atom is 0.339 e. The number of likely N-dealkylation sites (N-methyl/N-ethyl adjacent to an activating group) is 1. The van der Waals surface area contributed by atoms with Crippen LogP contribution in [-0.2, 0) is 19.4 Å². The molecule has 1 aliphatic rings. The first kappa shape index (κ1) is 21.5. The molecule has 1 saturated heterocycles. The number of aromatic nitrogens is 1. The van der Waals surface area contributed by atoms with E-state index in [9.17, 15) is 18.0 Å². The predicted molar refractivity (Wildman–Crippen MR) is 120 cm³/mol. The van der Waals surface area contributed by atoms with Gasteiger partial charge in [-0.1, -0.05) is 30.3 Å². The number of benzene rings is 2. The lowest BCUT2D eigenvalue weighted by Crippen LogP contribution is -2.43. The molecular weight excluding hydrogens is 436 g/mol. The Hall–Kier alpha value is -2.78. The molecule has 7 nitrogen and oxygen atoms in total. The predicted octanol–water partition coefficient (Wildman–Crippen LogP) is 3.16. The van der Waals surface area contributed by atoms with Gasteiger partial charge in [0.05, 0.1) is 27.3 Å². The van der Waals surface area contributed by atoms with Crippen LogP contribution < -0.4 is 0 Å². The van der Waals surface area contributed by atoms with E-state index in [1.165, 1.54) is 16.2 Å². The standard InChI is InChI=1S/C22H22N2O5S2/c1-2-24(15-11-12-31(27,28)14-15)20(25)13-29-22(26)17-8-4-3-7-16(17)21-23-18-9-5-6-10-19(18)30-21/h3-10,15H,2,11-14H2,1H3. The Labute approximate surface area is 184 Å². The molecule has 0 N–H and O–H groups in total. The second-order valence-corrected chi connectivity index (χ2v) is 10.6. The molecule has 9 heteroatoms. The average molecular weight is 459 g/mol. The molecule has 2 aromatic carbocycles. The van der Waals surface area contributed by atoms with Crippen molar-refractivity contribution in [3.8, 4) is 10.6 Å². The third-order valence-electron chi connectivity index (χ3n) is 5.31. The number of esters is 1. The molecule has 1 aromatic heterocycles. The normalized spacial score (nSPS) is 17.5. The Morgan fingerprint density at radius 2 is 1.90 bits per heavy atom. The molecule has 3 aromatic rings. The minimum Gasteiger partial charge on any atom is -0.452 e. The highest BCUT2D eigenvalue weighted by Crippen LogP contribution is 2.32. The Kier molecular flexibility index (Phi) is 6.06. The van der Waals surface area contributed by atoms with Gasteiger partial charge < -0.3 is 9.64 Å². The van der Waals surface area contributed by atoms with E-state index in [1.807, 2.05) is 30.3 Å². The summed E-state index contributed by atoms with van der Waals surface area (Å²) >= 11 is 1.48. The van der Waals surface area contributed by atoms with Crippen LogP contribution >= 0.6 is 11.3 Å². The monoisotopic (exact) mass is 458 g/mol. The number of thiazole rings is 1. The lowest BCUT2D eigenvalue weighted by atomic mass is 10.1. The van der Waals surface area contributed by atoms with Crippen LogP contribution in [0.5, 0.6) is 0 Å². The van der Waals surface area contributed by atoms with Gasteiger partial charge in [-0.05, 0) is 31.5 Å². The fourth-order valence-corrected chi connectivity index (χ4v) is 6.52. The summed E-state index contributed by atoms with van der Waals surface area (Å²) in [5.74, 6) is -0.966. The zero-order chi connectivity index (χ0) is 22.0. The SMILES string of the molecule is CCN(C(=O)COC(=O)c1ccccc1-c1nc2ccccc2s1)C1CCS(=O)(=O)C1. The van der Waals surface area contributed by atoms with Gasteiger partial charge in [-0.2, -0.15) is 0 Å². The van der Waals surface area contributed by atoms with Gasteiger partial charge in [-0.25, -0.2) is 18.2 Å². The van der Waals surface area contributed by atoms with Crippen molar-refractivity contribution in [3.63, 3.8) is 0 Å². The van der Waals surface area contributed by atoms with E-state index in [4.69, 9.17) is 4.74 Å². The number of rotatable bonds is 6. The number of ether oxygens (including phenoxy) is 1. The van der Waals surface area contributed by atoms with Gasteiger partial charge in [0.1, 0.15) is 5.01 Å². The van der Waals surface area contributed by atoms with Gasteiger partial charge >= 0.3 is 5.97 Å².